The van der Waals surface area contributed by atoms with Crippen molar-refractivity contribution in [1.82, 2.24) is 25.3 Å². The minimum absolute atomic E-state index is 0.727. The quantitative estimate of drug-likeness (QED) is 0.662. The van der Waals surface area contributed by atoms with Crippen LogP contribution in [0.2, 0.25) is 0 Å². The number of aliphatic imine (C=N–C) groups is 1. The van der Waals surface area contributed by atoms with Crippen molar-refractivity contribution < 1.29 is 4.52 Å². The third-order valence-electron chi connectivity index (χ3n) is 4.42. The Bertz CT molecular complexity index is 710. The fourth-order valence-corrected chi connectivity index (χ4v) is 3.81. The second kappa shape index (κ2) is 7.97. The van der Waals surface area contributed by atoms with Gasteiger partial charge in [-0.25, -0.2) is 4.98 Å². The van der Waals surface area contributed by atoms with Gasteiger partial charge >= 0.3 is 0 Å². The normalized spacial score (nSPS) is 16.5. The molecule has 136 valence electrons. The monoisotopic (exact) mass is 362 g/mol. The number of rotatable bonds is 4. The highest BCUT2D eigenvalue weighted by molar-refractivity contribution is 7.11. The molecule has 2 aromatic heterocycles. The minimum atomic E-state index is 0.727. The van der Waals surface area contributed by atoms with Crippen LogP contribution in [-0.4, -0.2) is 59.1 Å². The summed E-state index contributed by atoms with van der Waals surface area (Å²) in [4.78, 5) is 15.0. The molecule has 1 fully saturated rings. The number of hydrogen-bond donors (Lipinski definition) is 1. The Hall–Kier alpha value is -1.93. The van der Waals surface area contributed by atoms with Crippen molar-refractivity contribution in [2.24, 2.45) is 4.99 Å². The summed E-state index contributed by atoms with van der Waals surface area (Å²) < 4.78 is 5.15. The largest absolute Gasteiger partial charge is 0.361 e. The lowest BCUT2D eigenvalue weighted by Crippen LogP contribution is -2.52. The minimum Gasteiger partial charge on any atom is -0.361 e. The fraction of sp³-hybridized carbons (Fsp3) is 0.588. The molecule has 8 heteroatoms. The summed E-state index contributed by atoms with van der Waals surface area (Å²) in [7, 11) is 1.84. The van der Waals surface area contributed by atoms with Gasteiger partial charge in [-0.2, -0.15) is 0 Å². The second-order valence-electron chi connectivity index (χ2n) is 6.34. The smallest absolute Gasteiger partial charge is 0.194 e. The molecule has 0 saturated carbocycles. The van der Waals surface area contributed by atoms with E-state index >= 15 is 0 Å². The molecule has 0 atom stereocenters. The number of nitrogens with one attached hydrogen (secondary N) is 1. The van der Waals surface area contributed by atoms with Crippen molar-refractivity contribution in [3.8, 4) is 0 Å². The third kappa shape index (κ3) is 4.58. The zero-order valence-electron chi connectivity index (χ0n) is 15.4. The Kier molecular flexibility index (Phi) is 5.70. The van der Waals surface area contributed by atoms with E-state index < -0.39 is 0 Å². The molecule has 1 saturated heterocycles. The van der Waals surface area contributed by atoms with Gasteiger partial charge in [0.1, 0.15) is 10.8 Å². The molecule has 0 bridgehead atoms. The van der Waals surface area contributed by atoms with Gasteiger partial charge in [0.15, 0.2) is 5.96 Å². The first-order valence-corrected chi connectivity index (χ1v) is 9.40. The Balaban J connectivity index is 1.48. The first kappa shape index (κ1) is 17.9. The van der Waals surface area contributed by atoms with Crippen LogP contribution in [0, 0.1) is 20.8 Å². The first-order valence-electron chi connectivity index (χ1n) is 8.58. The maximum absolute atomic E-state index is 5.15. The average molecular weight is 363 g/mol. The average Bonchev–Trinajstić information content (AvgIpc) is 3.15. The highest BCUT2D eigenvalue weighted by Gasteiger charge is 2.20. The Morgan fingerprint density at radius 2 is 2.04 bits per heavy atom. The van der Waals surface area contributed by atoms with E-state index in [1.165, 1.54) is 4.88 Å². The van der Waals surface area contributed by atoms with Gasteiger partial charge in [-0.3, -0.25) is 9.89 Å². The van der Waals surface area contributed by atoms with Crippen molar-refractivity contribution >= 4 is 17.3 Å². The Morgan fingerprint density at radius 1 is 1.28 bits per heavy atom. The fourth-order valence-electron chi connectivity index (χ4n) is 2.94. The maximum Gasteiger partial charge on any atom is 0.194 e. The zero-order valence-corrected chi connectivity index (χ0v) is 16.2. The zero-order chi connectivity index (χ0) is 17.8. The van der Waals surface area contributed by atoms with E-state index in [-0.39, 0.29) is 0 Å². The molecule has 7 nitrogen and oxygen atoms in total. The molecule has 0 aromatic carbocycles. The van der Waals surface area contributed by atoms with Gasteiger partial charge in [0, 0.05) is 50.7 Å². The summed E-state index contributed by atoms with van der Waals surface area (Å²) in [5.74, 6) is 1.81. The summed E-state index contributed by atoms with van der Waals surface area (Å²) in [5, 5.41) is 8.63. The molecule has 0 radical (unpaired) electrons. The Labute approximate surface area is 152 Å². The molecule has 0 amide bonds. The third-order valence-corrected chi connectivity index (χ3v) is 5.49. The SMILES string of the molecule is CN=C(NCc1nc(C)c(C)s1)N1CCN(Cc2cc(C)on2)CC1. The van der Waals surface area contributed by atoms with Crippen LogP contribution in [-0.2, 0) is 13.1 Å². The summed E-state index contributed by atoms with van der Waals surface area (Å²) in [5.41, 5.74) is 2.12. The van der Waals surface area contributed by atoms with E-state index in [0.717, 1.165) is 67.4 Å². The van der Waals surface area contributed by atoms with Gasteiger partial charge < -0.3 is 14.7 Å². The van der Waals surface area contributed by atoms with Gasteiger partial charge in [-0.1, -0.05) is 5.16 Å². The molecule has 1 aliphatic heterocycles. The lowest BCUT2D eigenvalue weighted by atomic mass is 10.3. The van der Waals surface area contributed by atoms with Gasteiger partial charge in [0.05, 0.1) is 17.9 Å². The van der Waals surface area contributed by atoms with E-state index in [0.29, 0.717) is 0 Å². The lowest BCUT2D eigenvalue weighted by molar-refractivity contribution is 0.169. The number of aryl methyl sites for hydroxylation is 3. The van der Waals surface area contributed by atoms with Crippen molar-refractivity contribution in [1.29, 1.82) is 0 Å². The van der Waals surface area contributed by atoms with Gasteiger partial charge in [0.25, 0.3) is 0 Å². The summed E-state index contributed by atoms with van der Waals surface area (Å²) in [6.07, 6.45) is 0. The van der Waals surface area contributed by atoms with Gasteiger partial charge in [-0.05, 0) is 20.8 Å². The van der Waals surface area contributed by atoms with Crippen LogP contribution in [0.25, 0.3) is 0 Å². The van der Waals surface area contributed by atoms with E-state index in [1.807, 2.05) is 20.0 Å². The number of guanidine groups is 1. The van der Waals surface area contributed by atoms with Crippen LogP contribution < -0.4 is 5.32 Å². The molecule has 0 spiro atoms. The van der Waals surface area contributed by atoms with Crippen LogP contribution in [0.1, 0.15) is 27.0 Å². The number of thiazole rings is 1. The Morgan fingerprint density at radius 3 is 2.60 bits per heavy atom. The second-order valence-corrected chi connectivity index (χ2v) is 7.63. The van der Waals surface area contributed by atoms with Crippen LogP contribution in [0.15, 0.2) is 15.6 Å². The van der Waals surface area contributed by atoms with Crippen molar-refractivity contribution in [3.05, 3.63) is 33.1 Å². The molecular weight excluding hydrogens is 336 g/mol. The van der Waals surface area contributed by atoms with Crippen molar-refractivity contribution in [2.45, 2.75) is 33.9 Å². The molecular formula is C17H26N6OS. The highest BCUT2D eigenvalue weighted by Crippen LogP contribution is 2.16. The van der Waals surface area contributed by atoms with Crippen LogP contribution in [0.3, 0.4) is 0 Å². The van der Waals surface area contributed by atoms with E-state index in [4.69, 9.17) is 4.52 Å². The molecule has 1 aliphatic rings. The lowest BCUT2D eigenvalue weighted by Gasteiger charge is -2.36. The maximum atomic E-state index is 5.15. The van der Waals surface area contributed by atoms with Gasteiger partial charge in [0.2, 0.25) is 0 Å². The van der Waals surface area contributed by atoms with E-state index in [1.54, 1.807) is 11.3 Å². The molecule has 3 heterocycles. The number of aromatic nitrogens is 2. The summed E-state index contributed by atoms with van der Waals surface area (Å²) >= 11 is 1.75. The molecule has 0 aliphatic carbocycles. The molecule has 2 aromatic rings. The van der Waals surface area contributed by atoms with Crippen LogP contribution >= 0.6 is 11.3 Å². The highest BCUT2D eigenvalue weighted by atomic mass is 32.1. The molecule has 0 unspecified atom stereocenters. The van der Waals surface area contributed by atoms with Gasteiger partial charge in [-0.15, -0.1) is 11.3 Å². The first-order chi connectivity index (χ1) is 12.0. The predicted molar refractivity (Wildman–Crippen MR) is 99.9 cm³/mol. The van der Waals surface area contributed by atoms with E-state index in [2.05, 4.69) is 44.1 Å². The molecule has 25 heavy (non-hydrogen) atoms. The van der Waals surface area contributed by atoms with Crippen molar-refractivity contribution in [3.63, 3.8) is 0 Å². The number of piperazine rings is 1. The van der Waals surface area contributed by atoms with Crippen LogP contribution in [0.5, 0.6) is 0 Å². The van der Waals surface area contributed by atoms with Crippen LogP contribution in [0.4, 0.5) is 0 Å². The number of nitrogens with zero attached hydrogens (tertiary/aromatic N) is 5. The molecule has 3 rings (SSSR count). The standard InChI is InChI=1S/C17H26N6OS/c1-12-9-15(21-24-12)11-22-5-7-23(8-6-22)17(18-4)19-10-16-20-13(2)14(3)25-16/h9H,5-8,10-11H2,1-4H3,(H,18,19). The molecule has 1 N–H and O–H groups in total. The van der Waals surface area contributed by atoms with Crippen molar-refractivity contribution in [2.75, 3.05) is 33.2 Å². The topological polar surface area (TPSA) is 69.8 Å². The predicted octanol–water partition coefficient (Wildman–Crippen LogP) is 1.95. The number of hydrogen-bond acceptors (Lipinski definition) is 6. The van der Waals surface area contributed by atoms with E-state index in [9.17, 15) is 0 Å². The summed E-state index contributed by atoms with van der Waals surface area (Å²) in [6.45, 7) is 11.5. The summed E-state index contributed by atoms with van der Waals surface area (Å²) in [6, 6.07) is 2.00.